The zero-order chi connectivity index (χ0) is 22.5. The molecule has 1 aromatic heterocycles. The van der Waals surface area contributed by atoms with Crippen molar-refractivity contribution in [2.45, 2.75) is 32.8 Å². The Labute approximate surface area is 185 Å². The van der Waals surface area contributed by atoms with Gasteiger partial charge in [-0.05, 0) is 38.7 Å². The average Bonchev–Trinajstić information content (AvgIpc) is 2.72. The second-order valence-electron chi connectivity index (χ2n) is 7.44. The van der Waals surface area contributed by atoms with Crippen LogP contribution in [0.1, 0.15) is 37.8 Å². The van der Waals surface area contributed by atoms with Crippen molar-refractivity contribution in [3.8, 4) is 5.88 Å². The SMILES string of the molecule is CSCCOC(=O)C1C(C)=Nc2ccnc(OC(C)C)c2C1c1cccc([N+](=O)[O-])c1. The molecule has 0 bridgehead atoms. The van der Waals surface area contributed by atoms with E-state index in [1.165, 1.54) is 12.1 Å². The number of carbonyl (C=O) groups excluding carboxylic acids is 1. The average molecular weight is 444 g/mol. The fourth-order valence-corrected chi connectivity index (χ4v) is 3.88. The number of non-ortho nitro benzene ring substituents is 1. The molecule has 2 unspecified atom stereocenters. The lowest BCUT2D eigenvalue weighted by Crippen LogP contribution is -2.34. The van der Waals surface area contributed by atoms with E-state index in [1.807, 2.05) is 20.1 Å². The molecule has 0 radical (unpaired) electrons. The summed E-state index contributed by atoms with van der Waals surface area (Å²) < 4.78 is 11.5. The molecule has 0 spiro atoms. The van der Waals surface area contributed by atoms with E-state index in [2.05, 4.69) is 9.98 Å². The fourth-order valence-electron chi connectivity index (χ4n) is 3.63. The predicted octanol–water partition coefficient (Wildman–Crippen LogP) is 4.54. The van der Waals surface area contributed by atoms with Gasteiger partial charge in [-0.25, -0.2) is 4.98 Å². The van der Waals surface area contributed by atoms with Gasteiger partial charge < -0.3 is 9.47 Å². The molecule has 31 heavy (non-hydrogen) atoms. The van der Waals surface area contributed by atoms with Crippen LogP contribution in [0.2, 0.25) is 0 Å². The lowest BCUT2D eigenvalue weighted by Gasteiger charge is -2.32. The van der Waals surface area contributed by atoms with Crippen LogP contribution in [0.5, 0.6) is 5.88 Å². The number of hydrogen-bond donors (Lipinski definition) is 0. The first-order valence-corrected chi connectivity index (χ1v) is 11.3. The number of aliphatic imine (C=N–C) groups is 1. The van der Waals surface area contributed by atoms with Crippen molar-refractivity contribution in [2.75, 3.05) is 18.6 Å². The van der Waals surface area contributed by atoms with Crippen LogP contribution in [0.4, 0.5) is 11.4 Å². The standard InChI is InChI=1S/C22H25N3O5S/c1-13(2)30-21-20-17(8-9-23-21)24-14(3)18(22(26)29-10-11-31-4)19(20)15-6-5-7-16(12-15)25(27)28/h5-9,12-13,18-19H,10-11H2,1-4H3. The first-order chi connectivity index (χ1) is 14.8. The van der Waals surface area contributed by atoms with E-state index in [-0.39, 0.29) is 18.4 Å². The monoisotopic (exact) mass is 443 g/mol. The minimum atomic E-state index is -0.741. The summed E-state index contributed by atoms with van der Waals surface area (Å²) in [5.41, 5.74) is 2.41. The van der Waals surface area contributed by atoms with Crippen LogP contribution < -0.4 is 4.74 Å². The summed E-state index contributed by atoms with van der Waals surface area (Å²) in [6.45, 7) is 5.82. The maximum atomic E-state index is 13.1. The van der Waals surface area contributed by atoms with E-state index in [4.69, 9.17) is 9.47 Å². The van der Waals surface area contributed by atoms with E-state index in [9.17, 15) is 14.9 Å². The van der Waals surface area contributed by atoms with E-state index >= 15 is 0 Å². The molecule has 1 aliphatic heterocycles. The van der Waals surface area contributed by atoms with Gasteiger partial charge >= 0.3 is 5.97 Å². The number of carbonyl (C=O) groups is 1. The van der Waals surface area contributed by atoms with Gasteiger partial charge in [0.15, 0.2) is 0 Å². The van der Waals surface area contributed by atoms with Crippen LogP contribution in [0.3, 0.4) is 0 Å². The van der Waals surface area contributed by atoms with Crippen LogP contribution in [0, 0.1) is 16.0 Å². The molecule has 9 heteroatoms. The minimum Gasteiger partial charge on any atom is -0.475 e. The molecule has 0 amide bonds. The van der Waals surface area contributed by atoms with Crippen molar-refractivity contribution in [2.24, 2.45) is 10.9 Å². The molecule has 3 rings (SSSR count). The summed E-state index contributed by atoms with van der Waals surface area (Å²) in [7, 11) is 0. The zero-order valence-electron chi connectivity index (χ0n) is 17.9. The molecule has 2 heterocycles. The van der Waals surface area contributed by atoms with Gasteiger partial charge in [-0.1, -0.05) is 12.1 Å². The number of nitro benzene ring substituents is 1. The van der Waals surface area contributed by atoms with Gasteiger partial charge in [0, 0.05) is 41.3 Å². The maximum absolute atomic E-state index is 13.1. The number of benzene rings is 1. The fraction of sp³-hybridized carbons (Fsp3) is 0.409. The van der Waals surface area contributed by atoms with Crippen molar-refractivity contribution in [3.63, 3.8) is 0 Å². The second kappa shape index (κ2) is 9.91. The third kappa shape index (κ3) is 5.04. The van der Waals surface area contributed by atoms with Gasteiger partial charge in [-0.3, -0.25) is 19.9 Å². The highest BCUT2D eigenvalue weighted by molar-refractivity contribution is 7.98. The van der Waals surface area contributed by atoms with E-state index in [0.717, 1.165) is 0 Å². The third-order valence-corrected chi connectivity index (χ3v) is 5.47. The molecule has 0 saturated carbocycles. The first kappa shape index (κ1) is 22.7. The Kier molecular flexibility index (Phi) is 7.27. The van der Waals surface area contributed by atoms with Gasteiger partial charge in [0.05, 0.1) is 16.7 Å². The lowest BCUT2D eigenvalue weighted by atomic mass is 9.76. The number of nitro groups is 1. The Morgan fingerprint density at radius 2 is 2.10 bits per heavy atom. The lowest BCUT2D eigenvalue weighted by molar-refractivity contribution is -0.384. The van der Waals surface area contributed by atoms with Crippen molar-refractivity contribution in [3.05, 3.63) is 57.8 Å². The summed E-state index contributed by atoms with van der Waals surface area (Å²) in [4.78, 5) is 33.1. The van der Waals surface area contributed by atoms with Crippen molar-refractivity contribution in [1.29, 1.82) is 0 Å². The number of nitrogens with zero attached hydrogens (tertiary/aromatic N) is 3. The van der Waals surface area contributed by atoms with E-state index < -0.39 is 22.7 Å². The smallest absolute Gasteiger partial charge is 0.315 e. The number of aromatic nitrogens is 1. The van der Waals surface area contributed by atoms with E-state index in [1.54, 1.807) is 43.1 Å². The van der Waals surface area contributed by atoms with Crippen molar-refractivity contribution in [1.82, 2.24) is 4.98 Å². The molecular weight excluding hydrogens is 418 g/mol. The van der Waals surface area contributed by atoms with Crippen LogP contribution in [-0.2, 0) is 9.53 Å². The molecule has 164 valence electrons. The Morgan fingerprint density at radius 1 is 1.32 bits per heavy atom. The number of esters is 1. The third-order valence-electron chi connectivity index (χ3n) is 4.89. The molecular formula is C22H25N3O5S. The van der Waals surface area contributed by atoms with Gasteiger partial charge in [0.1, 0.15) is 12.5 Å². The highest BCUT2D eigenvalue weighted by Gasteiger charge is 2.41. The van der Waals surface area contributed by atoms with E-state index in [0.29, 0.717) is 34.2 Å². The Balaban J connectivity index is 2.17. The number of hydrogen-bond acceptors (Lipinski definition) is 8. The molecule has 1 aromatic carbocycles. The number of ether oxygens (including phenoxy) is 2. The Hall–Kier alpha value is -2.94. The number of pyridine rings is 1. The summed E-state index contributed by atoms with van der Waals surface area (Å²) in [5.74, 6) is -0.693. The maximum Gasteiger partial charge on any atom is 0.315 e. The highest BCUT2D eigenvalue weighted by Crippen LogP contribution is 2.47. The molecule has 1 aliphatic rings. The molecule has 2 aromatic rings. The second-order valence-corrected chi connectivity index (χ2v) is 8.42. The number of rotatable bonds is 8. The molecule has 8 nitrogen and oxygen atoms in total. The Bertz CT molecular complexity index is 1010. The summed E-state index contributed by atoms with van der Waals surface area (Å²) >= 11 is 1.58. The highest BCUT2D eigenvalue weighted by atomic mass is 32.2. The van der Waals surface area contributed by atoms with Crippen molar-refractivity contribution < 1.29 is 19.2 Å². The quantitative estimate of drug-likeness (QED) is 0.255. The van der Waals surface area contributed by atoms with Crippen molar-refractivity contribution >= 4 is 34.8 Å². The summed E-state index contributed by atoms with van der Waals surface area (Å²) in [6.07, 6.45) is 3.39. The molecule has 0 saturated heterocycles. The zero-order valence-corrected chi connectivity index (χ0v) is 18.7. The van der Waals surface area contributed by atoms with Crippen LogP contribution in [0.25, 0.3) is 0 Å². The normalized spacial score (nSPS) is 17.6. The summed E-state index contributed by atoms with van der Waals surface area (Å²) in [6, 6.07) is 8.06. The van der Waals surface area contributed by atoms with Gasteiger partial charge in [0.2, 0.25) is 5.88 Å². The molecule has 0 N–H and O–H groups in total. The van der Waals surface area contributed by atoms with Gasteiger partial charge in [0.25, 0.3) is 5.69 Å². The summed E-state index contributed by atoms with van der Waals surface area (Å²) in [5, 5.41) is 11.4. The van der Waals surface area contributed by atoms with Crippen LogP contribution >= 0.6 is 11.8 Å². The predicted molar refractivity (Wildman–Crippen MR) is 121 cm³/mol. The number of thioether (sulfide) groups is 1. The minimum absolute atomic E-state index is 0.0519. The van der Waals surface area contributed by atoms with Gasteiger partial charge in [-0.2, -0.15) is 11.8 Å². The molecule has 2 atom stereocenters. The largest absolute Gasteiger partial charge is 0.475 e. The Morgan fingerprint density at radius 3 is 2.77 bits per heavy atom. The molecule has 0 fully saturated rings. The molecule has 0 aliphatic carbocycles. The topological polar surface area (TPSA) is 104 Å². The first-order valence-electron chi connectivity index (χ1n) is 9.94. The van der Waals surface area contributed by atoms with Gasteiger partial charge in [-0.15, -0.1) is 0 Å². The van der Waals surface area contributed by atoms with Crippen LogP contribution in [0.15, 0.2) is 41.5 Å². The number of fused-ring (bicyclic) bond motifs is 1. The van der Waals surface area contributed by atoms with Crippen LogP contribution in [-0.4, -0.2) is 46.3 Å².